The molecule has 1 aliphatic carbocycles. The van der Waals surface area contributed by atoms with Crippen LogP contribution in [0, 0.1) is 0 Å². The van der Waals surface area contributed by atoms with Crippen LogP contribution in [0.5, 0.6) is 0 Å². The predicted octanol–water partition coefficient (Wildman–Crippen LogP) is 11.2. The molecular weight excluding hydrogens is 796 g/mol. The number of aromatic amines is 1. The third-order valence-electron chi connectivity index (χ3n) is 11.5. The Hall–Kier alpha value is -3.38. The first-order valence-corrected chi connectivity index (χ1v) is 24.0. The van der Waals surface area contributed by atoms with Crippen molar-refractivity contribution in [2.75, 3.05) is 77.7 Å². The highest BCUT2D eigenvalue weighted by Crippen LogP contribution is 2.42. The molecule has 2 fully saturated rings. The van der Waals surface area contributed by atoms with E-state index in [1.54, 1.807) is 11.9 Å². The maximum absolute atomic E-state index is 9.80. The van der Waals surface area contributed by atoms with Crippen LogP contribution in [0.4, 0.5) is 22.7 Å². The number of halogens is 1. The molecule has 2 aliphatic heterocycles. The summed E-state index contributed by atoms with van der Waals surface area (Å²) in [6, 6.07) is 26.9. The summed E-state index contributed by atoms with van der Waals surface area (Å²) >= 11 is 14.5. The Balaban J connectivity index is 0.923. The Kier molecular flexibility index (Phi) is 15.6. The van der Waals surface area contributed by atoms with E-state index in [0.717, 1.165) is 106 Å². The van der Waals surface area contributed by atoms with Crippen LogP contribution in [-0.4, -0.2) is 85.0 Å². The van der Waals surface area contributed by atoms with Gasteiger partial charge in [-0.25, -0.2) is 0 Å². The summed E-state index contributed by atoms with van der Waals surface area (Å²) in [6.45, 7) is 9.15. The summed E-state index contributed by atoms with van der Waals surface area (Å²) in [7, 11) is 0. The second kappa shape index (κ2) is 21.2. The van der Waals surface area contributed by atoms with Crippen molar-refractivity contribution in [2.24, 2.45) is 0 Å². The van der Waals surface area contributed by atoms with Gasteiger partial charge in [-0.2, -0.15) is 12.6 Å². The number of unbranched alkanes of at least 4 members (excludes halogenated alkanes) is 1. The molecule has 0 bridgehead atoms. The molecule has 3 aromatic carbocycles. The molecule has 3 aliphatic rings. The SMILES string of the molecule is CCCCc1[nH]c(C2=CCC=C(Cl)C=C2)c(-c2cccc(N3CCN(c4ccc(NSc5ccc(N[C@@H](CS)CCN6CCC(O)CC6)cc5)cc4)CC3)c2)c1SC. The highest BCUT2D eigenvalue weighted by Gasteiger charge is 2.23. The van der Waals surface area contributed by atoms with Crippen molar-refractivity contribution in [1.29, 1.82) is 0 Å². The van der Waals surface area contributed by atoms with Crippen molar-refractivity contribution >= 4 is 76.3 Å². The number of hydrogen-bond donors (Lipinski definition) is 5. The van der Waals surface area contributed by atoms with Crippen molar-refractivity contribution in [3.63, 3.8) is 0 Å². The molecule has 4 aromatic rings. The van der Waals surface area contributed by atoms with Crippen molar-refractivity contribution in [1.82, 2.24) is 9.88 Å². The zero-order valence-electron chi connectivity index (χ0n) is 33.9. The number of thiol groups is 1. The van der Waals surface area contributed by atoms with E-state index in [4.69, 9.17) is 11.6 Å². The second-order valence-electron chi connectivity index (χ2n) is 15.5. The number of rotatable bonds is 17. The minimum absolute atomic E-state index is 0.126. The van der Waals surface area contributed by atoms with E-state index >= 15 is 0 Å². The number of likely N-dealkylation sites (tertiary alicyclic amines) is 1. The molecule has 0 unspecified atom stereocenters. The van der Waals surface area contributed by atoms with Gasteiger partial charge in [0.2, 0.25) is 0 Å². The maximum atomic E-state index is 9.80. The van der Waals surface area contributed by atoms with Crippen molar-refractivity contribution < 1.29 is 5.11 Å². The molecule has 0 spiro atoms. The van der Waals surface area contributed by atoms with E-state index < -0.39 is 0 Å². The highest BCUT2D eigenvalue weighted by molar-refractivity contribution is 8.00. The molecule has 7 rings (SSSR count). The summed E-state index contributed by atoms with van der Waals surface area (Å²) in [5.74, 6) is 0.787. The van der Waals surface area contributed by atoms with Crippen LogP contribution in [0.3, 0.4) is 0 Å². The number of thioether (sulfide) groups is 1. The van der Waals surface area contributed by atoms with Gasteiger partial charge >= 0.3 is 0 Å². The average Bonchev–Trinajstić information content (AvgIpc) is 3.50. The van der Waals surface area contributed by atoms with Gasteiger partial charge in [-0.3, -0.25) is 0 Å². The van der Waals surface area contributed by atoms with Gasteiger partial charge in [-0.05, 0) is 135 Å². The quantitative estimate of drug-likeness (QED) is 0.0409. The van der Waals surface area contributed by atoms with Gasteiger partial charge in [0.05, 0.1) is 11.8 Å². The summed E-state index contributed by atoms with van der Waals surface area (Å²) in [5, 5.41) is 14.2. The first-order valence-electron chi connectivity index (χ1n) is 20.9. The lowest BCUT2D eigenvalue weighted by atomic mass is 9.99. The number of aliphatic hydroxyl groups is 1. The number of nitrogens with one attached hydrogen (secondary N) is 3. The Morgan fingerprint density at radius 3 is 2.33 bits per heavy atom. The number of H-pyrrole nitrogens is 1. The lowest BCUT2D eigenvalue weighted by Gasteiger charge is -2.37. The number of nitrogens with zero attached hydrogens (tertiary/aromatic N) is 3. The summed E-state index contributed by atoms with van der Waals surface area (Å²) < 4.78 is 3.53. The fraction of sp³-hybridized carbons (Fsp3) is 0.404. The Bertz CT molecular complexity index is 2010. The molecule has 0 amide bonds. The van der Waals surface area contributed by atoms with Gasteiger partial charge in [-0.1, -0.05) is 55.3 Å². The van der Waals surface area contributed by atoms with E-state index in [9.17, 15) is 5.11 Å². The van der Waals surface area contributed by atoms with Crippen LogP contribution in [0.2, 0.25) is 0 Å². The van der Waals surface area contributed by atoms with Gasteiger partial charge in [0.1, 0.15) is 0 Å². The number of hydrogen-bond acceptors (Lipinski definition) is 9. The third-order valence-corrected chi connectivity index (χ3v) is 13.9. The molecule has 1 aromatic heterocycles. The van der Waals surface area contributed by atoms with Crippen LogP contribution < -0.4 is 19.8 Å². The smallest absolute Gasteiger partial charge is 0.0564 e. The fourth-order valence-corrected chi connectivity index (χ4v) is 9.95. The molecule has 58 heavy (non-hydrogen) atoms. The number of piperidine rings is 1. The fourth-order valence-electron chi connectivity index (χ4n) is 8.06. The van der Waals surface area contributed by atoms with Crippen molar-refractivity contribution in [2.45, 2.75) is 73.8 Å². The van der Waals surface area contributed by atoms with Gasteiger partial charge in [0.25, 0.3) is 0 Å². The minimum Gasteiger partial charge on any atom is -0.393 e. The van der Waals surface area contributed by atoms with Crippen LogP contribution in [0.25, 0.3) is 16.7 Å². The number of aryl methyl sites for hydroxylation is 1. The normalized spacial score (nSPS) is 17.2. The number of allylic oxidation sites excluding steroid dienone is 6. The Morgan fingerprint density at radius 1 is 0.897 bits per heavy atom. The number of aliphatic hydroxyl groups excluding tert-OH is 1. The zero-order valence-corrected chi connectivity index (χ0v) is 37.2. The predicted molar refractivity (Wildman–Crippen MR) is 257 cm³/mol. The number of benzene rings is 3. The van der Waals surface area contributed by atoms with Gasteiger partial charge in [0, 0.05) is 106 Å². The third kappa shape index (κ3) is 11.3. The van der Waals surface area contributed by atoms with E-state index in [1.165, 1.54) is 55.7 Å². The summed E-state index contributed by atoms with van der Waals surface area (Å²) in [6.07, 6.45) is 17.6. The monoisotopic (exact) mass is 854 g/mol. The van der Waals surface area contributed by atoms with Crippen LogP contribution >= 0.6 is 47.9 Å². The lowest BCUT2D eigenvalue weighted by molar-refractivity contribution is 0.0817. The topological polar surface area (TPSA) is 69.8 Å². The van der Waals surface area contributed by atoms with E-state index in [-0.39, 0.29) is 6.10 Å². The van der Waals surface area contributed by atoms with E-state index in [1.807, 2.05) is 17.8 Å². The molecule has 7 nitrogen and oxygen atoms in total. The molecule has 4 N–H and O–H groups in total. The molecule has 3 heterocycles. The van der Waals surface area contributed by atoms with Gasteiger partial charge < -0.3 is 34.8 Å². The molecule has 0 radical (unpaired) electrons. The largest absolute Gasteiger partial charge is 0.393 e. The molecule has 308 valence electrons. The van der Waals surface area contributed by atoms with Crippen LogP contribution in [-0.2, 0) is 6.42 Å². The molecule has 11 heteroatoms. The number of anilines is 4. The van der Waals surface area contributed by atoms with Gasteiger partial charge in [-0.15, -0.1) is 11.8 Å². The Morgan fingerprint density at radius 2 is 1.62 bits per heavy atom. The first kappa shape index (κ1) is 42.7. The number of aromatic nitrogens is 1. The molecule has 2 saturated heterocycles. The highest BCUT2D eigenvalue weighted by atomic mass is 35.5. The standard InChI is InChI=1S/C47H59ClN6OS3/c1-3-4-11-44-47(57-2)45(46(50-44)34-7-5-9-36(48)13-12-34)35-8-6-10-41(32-35)54-30-28-53(29-31-54)40-18-14-38(15-19-40)51-58-43-20-16-37(17-21-43)49-39(33-56)22-25-52-26-23-42(55)24-27-52/h6-10,12-21,32,39,42,49-51,55-56H,3-5,11,22-31,33H2,1-2H3/t39-/m1/s1. The average molecular weight is 856 g/mol. The van der Waals surface area contributed by atoms with Crippen LogP contribution in [0.1, 0.15) is 56.8 Å². The number of piperazine rings is 1. The van der Waals surface area contributed by atoms with E-state index in [0.29, 0.717) is 6.04 Å². The molecule has 1 atom stereocenters. The van der Waals surface area contributed by atoms with E-state index in [2.05, 4.69) is 147 Å². The summed E-state index contributed by atoms with van der Waals surface area (Å²) in [5.41, 5.74) is 11.0. The zero-order chi connectivity index (χ0) is 40.3. The lowest BCUT2D eigenvalue weighted by Crippen LogP contribution is -2.46. The molecular formula is C47H59ClN6OS3. The van der Waals surface area contributed by atoms with Crippen molar-refractivity contribution in [3.8, 4) is 11.1 Å². The van der Waals surface area contributed by atoms with Crippen LogP contribution in [0.15, 0.2) is 112 Å². The maximum Gasteiger partial charge on any atom is 0.0564 e. The van der Waals surface area contributed by atoms with Gasteiger partial charge in [0.15, 0.2) is 0 Å². The second-order valence-corrected chi connectivity index (χ2v) is 18.0. The first-order chi connectivity index (χ1) is 28.4. The summed E-state index contributed by atoms with van der Waals surface area (Å²) in [4.78, 5) is 13.9. The molecule has 0 saturated carbocycles. The Labute approximate surface area is 365 Å². The van der Waals surface area contributed by atoms with Crippen molar-refractivity contribution in [3.05, 3.63) is 114 Å². The minimum atomic E-state index is -0.126.